The van der Waals surface area contributed by atoms with Crippen LogP contribution in [0.5, 0.6) is 0 Å². The molecule has 0 fully saturated rings. The van der Waals surface area contributed by atoms with Crippen molar-refractivity contribution >= 4 is 22.9 Å². The molecule has 7 heteroatoms. The Morgan fingerprint density at radius 2 is 1.96 bits per heavy atom. The second-order valence-electron chi connectivity index (χ2n) is 6.14. The number of amides is 1. The molecule has 1 amide bonds. The number of rotatable bonds is 7. The highest BCUT2D eigenvalue weighted by Crippen LogP contribution is 2.19. The van der Waals surface area contributed by atoms with E-state index in [9.17, 15) is 14.3 Å². The monoisotopic (exact) mass is 356 g/mol. The molecule has 0 saturated carbocycles. The summed E-state index contributed by atoms with van der Waals surface area (Å²) in [6, 6.07) is 13.5. The second kappa shape index (κ2) is 7.97. The van der Waals surface area contributed by atoms with Crippen molar-refractivity contribution in [3.8, 4) is 0 Å². The zero-order valence-corrected chi connectivity index (χ0v) is 14.4. The van der Waals surface area contributed by atoms with Crippen LogP contribution in [-0.2, 0) is 17.9 Å². The van der Waals surface area contributed by atoms with Crippen LogP contribution in [0, 0.1) is 5.82 Å². The van der Waals surface area contributed by atoms with Crippen molar-refractivity contribution in [1.29, 1.82) is 0 Å². The Bertz CT molecular complexity index is 890. The first-order valence-corrected chi connectivity index (χ1v) is 8.41. The number of imidazole rings is 1. The number of nitrogens with zero attached hydrogens (tertiary/aromatic N) is 2. The Hall–Kier alpha value is -2.93. The summed E-state index contributed by atoms with van der Waals surface area (Å²) in [5.74, 6) is 0.0420. The van der Waals surface area contributed by atoms with Gasteiger partial charge in [-0.15, -0.1) is 0 Å². The number of benzene rings is 2. The summed E-state index contributed by atoms with van der Waals surface area (Å²) in [4.78, 5) is 16.9. The lowest BCUT2D eigenvalue weighted by Gasteiger charge is -2.12. The summed E-state index contributed by atoms with van der Waals surface area (Å²) >= 11 is 0. The summed E-state index contributed by atoms with van der Waals surface area (Å²) in [5, 5.41) is 15.4. The fourth-order valence-electron chi connectivity index (χ4n) is 2.61. The molecule has 3 N–H and O–H groups in total. The SMILES string of the molecule is C[C@@H](O)CNc1nc2ccccc2n1CC(=O)NCc1ccc(F)cc1. The molecule has 6 nitrogen and oxygen atoms in total. The number of hydrogen-bond acceptors (Lipinski definition) is 4. The molecule has 0 aliphatic rings. The summed E-state index contributed by atoms with van der Waals surface area (Å²) in [6.07, 6.45) is -0.532. The van der Waals surface area contributed by atoms with Crippen LogP contribution in [0.1, 0.15) is 12.5 Å². The molecule has 3 aromatic rings. The molecule has 0 spiro atoms. The molecule has 2 aromatic carbocycles. The highest BCUT2D eigenvalue weighted by molar-refractivity contribution is 5.83. The number of carbonyl (C=O) groups is 1. The van der Waals surface area contributed by atoms with Crippen LogP contribution in [-0.4, -0.2) is 33.2 Å². The first-order chi connectivity index (χ1) is 12.5. The van der Waals surface area contributed by atoms with E-state index in [0.29, 0.717) is 19.0 Å². The van der Waals surface area contributed by atoms with Gasteiger partial charge in [-0.05, 0) is 36.8 Å². The topological polar surface area (TPSA) is 79.2 Å². The molecule has 0 saturated heterocycles. The number of aliphatic hydroxyl groups excluding tert-OH is 1. The number of nitrogens with one attached hydrogen (secondary N) is 2. The van der Waals surface area contributed by atoms with Crippen LogP contribution < -0.4 is 10.6 Å². The van der Waals surface area contributed by atoms with Crippen molar-refractivity contribution in [3.63, 3.8) is 0 Å². The molecule has 1 atom stereocenters. The third-order valence-corrected chi connectivity index (χ3v) is 3.91. The molecular formula is C19H21FN4O2. The maximum atomic E-state index is 12.9. The van der Waals surface area contributed by atoms with E-state index in [4.69, 9.17) is 0 Å². The van der Waals surface area contributed by atoms with Gasteiger partial charge in [-0.2, -0.15) is 0 Å². The molecule has 0 aliphatic carbocycles. The average Bonchev–Trinajstić information content (AvgIpc) is 2.97. The number of para-hydroxylation sites is 2. The predicted octanol–water partition coefficient (Wildman–Crippen LogP) is 2.28. The molecular weight excluding hydrogens is 335 g/mol. The highest BCUT2D eigenvalue weighted by atomic mass is 19.1. The summed E-state index contributed by atoms with van der Waals surface area (Å²) in [6.45, 7) is 2.42. The lowest BCUT2D eigenvalue weighted by atomic mass is 10.2. The second-order valence-corrected chi connectivity index (χ2v) is 6.14. The molecule has 0 radical (unpaired) electrons. The van der Waals surface area contributed by atoms with Gasteiger partial charge in [0, 0.05) is 13.1 Å². The van der Waals surface area contributed by atoms with E-state index in [-0.39, 0.29) is 18.3 Å². The van der Waals surface area contributed by atoms with E-state index in [1.165, 1.54) is 12.1 Å². The Kier molecular flexibility index (Phi) is 5.48. The summed E-state index contributed by atoms with van der Waals surface area (Å²) in [7, 11) is 0. The van der Waals surface area contributed by atoms with Gasteiger partial charge in [0.05, 0.1) is 17.1 Å². The molecule has 1 heterocycles. The predicted molar refractivity (Wildman–Crippen MR) is 98.2 cm³/mol. The minimum absolute atomic E-state index is 0.0872. The fourth-order valence-corrected chi connectivity index (χ4v) is 2.61. The molecule has 0 aliphatic heterocycles. The van der Waals surface area contributed by atoms with Crippen molar-refractivity contribution in [1.82, 2.24) is 14.9 Å². The molecule has 136 valence electrons. The third kappa shape index (κ3) is 4.37. The molecule has 0 bridgehead atoms. The minimum atomic E-state index is -0.532. The normalized spacial score (nSPS) is 12.1. The average molecular weight is 356 g/mol. The Labute approximate surface area is 150 Å². The van der Waals surface area contributed by atoms with Crippen molar-refractivity contribution in [2.45, 2.75) is 26.1 Å². The number of fused-ring (bicyclic) bond motifs is 1. The number of halogens is 1. The van der Waals surface area contributed by atoms with E-state index < -0.39 is 6.10 Å². The van der Waals surface area contributed by atoms with Gasteiger partial charge < -0.3 is 20.3 Å². The van der Waals surface area contributed by atoms with Gasteiger partial charge in [0.25, 0.3) is 0 Å². The van der Waals surface area contributed by atoms with Gasteiger partial charge >= 0.3 is 0 Å². The van der Waals surface area contributed by atoms with E-state index in [1.807, 2.05) is 24.3 Å². The Balaban J connectivity index is 1.72. The van der Waals surface area contributed by atoms with E-state index in [1.54, 1.807) is 23.6 Å². The lowest BCUT2D eigenvalue weighted by Crippen LogP contribution is -2.28. The summed E-state index contributed by atoms with van der Waals surface area (Å²) in [5.41, 5.74) is 2.42. The quantitative estimate of drug-likeness (QED) is 0.607. The number of carbonyl (C=O) groups excluding carboxylic acids is 1. The smallest absolute Gasteiger partial charge is 0.240 e. The van der Waals surface area contributed by atoms with Gasteiger partial charge in [0.1, 0.15) is 12.4 Å². The number of aromatic nitrogens is 2. The van der Waals surface area contributed by atoms with Gasteiger partial charge in [-0.1, -0.05) is 24.3 Å². The first kappa shape index (κ1) is 17.9. The van der Waals surface area contributed by atoms with Crippen LogP contribution in [0.3, 0.4) is 0 Å². The molecule has 26 heavy (non-hydrogen) atoms. The largest absolute Gasteiger partial charge is 0.392 e. The standard InChI is InChI=1S/C19H21FN4O2/c1-13(25)10-22-19-23-16-4-2-3-5-17(16)24(19)12-18(26)21-11-14-6-8-15(20)9-7-14/h2-9,13,25H,10-12H2,1H3,(H,21,26)(H,22,23)/t13-/m1/s1. The van der Waals surface area contributed by atoms with Gasteiger partial charge in [-0.3, -0.25) is 4.79 Å². The zero-order valence-electron chi connectivity index (χ0n) is 14.4. The van der Waals surface area contributed by atoms with Crippen LogP contribution in [0.2, 0.25) is 0 Å². The minimum Gasteiger partial charge on any atom is -0.392 e. The Morgan fingerprint density at radius 3 is 2.69 bits per heavy atom. The number of hydrogen-bond donors (Lipinski definition) is 3. The summed E-state index contributed by atoms with van der Waals surface area (Å²) < 4.78 is 14.7. The van der Waals surface area contributed by atoms with Crippen molar-refractivity contribution in [2.75, 3.05) is 11.9 Å². The molecule has 1 aromatic heterocycles. The maximum Gasteiger partial charge on any atom is 0.240 e. The maximum absolute atomic E-state index is 12.9. The van der Waals surface area contributed by atoms with Crippen molar-refractivity contribution in [3.05, 3.63) is 59.9 Å². The fraction of sp³-hybridized carbons (Fsp3) is 0.263. The van der Waals surface area contributed by atoms with Crippen LogP contribution in [0.4, 0.5) is 10.3 Å². The Morgan fingerprint density at radius 1 is 1.23 bits per heavy atom. The van der Waals surface area contributed by atoms with Gasteiger partial charge in [-0.25, -0.2) is 9.37 Å². The van der Waals surface area contributed by atoms with Crippen molar-refractivity contribution in [2.24, 2.45) is 0 Å². The zero-order chi connectivity index (χ0) is 18.5. The van der Waals surface area contributed by atoms with Crippen LogP contribution >= 0.6 is 0 Å². The highest BCUT2D eigenvalue weighted by Gasteiger charge is 2.13. The van der Waals surface area contributed by atoms with Crippen LogP contribution in [0.25, 0.3) is 11.0 Å². The third-order valence-electron chi connectivity index (χ3n) is 3.91. The van der Waals surface area contributed by atoms with Gasteiger partial charge in [0.2, 0.25) is 11.9 Å². The van der Waals surface area contributed by atoms with E-state index in [0.717, 1.165) is 16.6 Å². The molecule has 3 rings (SSSR count). The lowest BCUT2D eigenvalue weighted by molar-refractivity contribution is -0.121. The number of aliphatic hydroxyl groups is 1. The van der Waals surface area contributed by atoms with Crippen molar-refractivity contribution < 1.29 is 14.3 Å². The van der Waals surface area contributed by atoms with E-state index >= 15 is 0 Å². The van der Waals surface area contributed by atoms with Gasteiger partial charge in [0.15, 0.2) is 0 Å². The van der Waals surface area contributed by atoms with E-state index in [2.05, 4.69) is 15.6 Å². The molecule has 0 unspecified atom stereocenters. The first-order valence-electron chi connectivity index (χ1n) is 8.41. The van der Waals surface area contributed by atoms with Crippen LogP contribution in [0.15, 0.2) is 48.5 Å². The number of anilines is 1.